The van der Waals surface area contributed by atoms with E-state index in [1.807, 2.05) is 0 Å². The molecule has 0 fully saturated rings. The Morgan fingerprint density at radius 2 is 1.67 bits per heavy atom. The van der Waals surface area contributed by atoms with Crippen molar-refractivity contribution < 1.29 is 4.74 Å². The number of hydrogen-bond acceptors (Lipinski definition) is 5. The van der Waals surface area contributed by atoms with Gasteiger partial charge in [-0.05, 0) is 36.4 Å². The fraction of sp³-hybridized carbons (Fsp3) is 0. The van der Waals surface area contributed by atoms with Crippen LogP contribution in [0.4, 0.5) is 5.69 Å². The minimum atomic E-state index is -0.704. The number of nitrogens with one attached hydrogen (secondary N) is 2. The van der Waals surface area contributed by atoms with Gasteiger partial charge in [0.15, 0.2) is 11.4 Å². The van der Waals surface area contributed by atoms with E-state index >= 15 is 0 Å². The first-order valence-corrected chi connectivity index (χ1v) is 7.41. The van der Waals surface area contributed by atoms with Gasteiger partial charge < -0.3 is 10.5 Å². The zero-order valence-electron chi connectivity index (χ0n) is 12.0. The van der Waals surface area contributed by atoms with E-state index in [1.165, 1.54) is 12.1 Å². The minimum Gasteiger partial charge on any atom is -0.454 e. The topological polar surface area (TPSA) is 114 Å². The highest BCUT2D eigenvalue weighted by molar-refractivity contribution is 6.37. The highest BCUT2D eigenvalue weighted by Gasteiger charge is 2.15. The number of halogens is 2. The van der Waals surface area contributed by atoms with Crippen molar-refractivity contribution in [1.82, 2.24) is 15.2 Å². The van der Waals surface area contributed by atoms with Crippen molar-refractivity contribution in [3.05, 3.63) is 67.3 Å². The van der Waals surface area contributed by atoms with Crippen LogP contribution in [0.3, 0.4) is 0 Å². The Morgan fingerprint density at radius 1 is 1.04 bits per heavy atom. The van der Waals surface area contributed by atoms with Gasteiger partial charge in [0.2, 0.25) is 0 Å². The van der Waals surface area contributed by atoms with E-state index in [-0.39, 0.29) is 21.5 Å². The molecule has 4 N–H and O–H groups in total. The lowest BCUT2D eigenvalue weighted by atomic mass is 10.1. The summed E-state index contributed by atoms with van der Waals surface area (Å²) >= 11 is 12.4. The molecule has 0 unspecified atom stereocenters. The van der Waals surface area contributed by atoms with Crippen LogP contribution in [0, 0.1) is 0 Å². The quantitative estimate of drug-likeness (QED) is 0.618. The lowest BCUT2D eigenvalue weighted by Gasteiger charge is -2.11. The molecular formula is C15H10Cl2N4O3. The Morgan fingerprint density at radius 3 is 2.25 bits per heavy atom. The van der Waals surface area contributed by atoms with Crippen molar-refractivity contribution in [3.63, 3.8) is 0 Å². The maximum absolute atomic E-state index is 11.8. The Kier molecular flexibility index (Phi) is 4.28. The molecule has 7 nitrogen and oxygen atoms in total. The predicted molar refractivity (Wildman–Crippen MR) is 91.9 cm³/mol. The van der Waals surface area contributed by atoms with Crippen LogP contribution in [0.25, 0.3) is 11.3 Å². The monoisotopic (exact) mass is 364 g/mol. The molecule has 1 heterocycles. The lowest BCUT2D eigenvalue weighted by Crippen LogP contribution is -2.25. The van der Waals surface area contributed by atoms with Gasteiger partial charge in [0.25, 0.3) is 5.56 Å². The molecule has 9 heteroatoms. The molecule has 0 amide bonds. The number of H-pyrrole nitrogens is 2. The second kappa shape index (κ2) is 6.38. The third kappa shape index (κ3) is 3.27. The number of rotatable bonds is 3. The Hall–Kier alpha value is -2.77. The Bertz CT molecular complexity index is 989. The molecule has 24 heavy (non-hydrogen) atoms. The van der Waals surface area contributed by atoms with Crippen LogP contribution < -0.4 is 21.7 Å². The maximum atomic E-state index is 11.8. The van der Waals surface area contributed by atoms with Crippen LogP contribution in [0.1, 0.15) is 0 Å². The third-order valence-electron chi connectivity index (χ3n) is 3.08. The minimum absolute atomic E-state index is 0.0163. The summed E-state index contributed by atoms with van der Waals surface area (Å²) < 4.78 is 5.65. The molecule has 0 atom stereocenters. The summed E-state index contributed by atoms with van der Waals surface area (Å²) in [5.41, 5.74) is 5.18. The summed E-state index contributed by atoms with van der Waals surface area (Å²) in [6.07, 6.45) is 0. The van der Waals surface area contributed by atoms with Crippen molar-refractivity contribution in [3.8, 4) is 22.8 Å². The number of hydrogen-bond donors (Lipinski definition) is 3. The SMILES string of the molecule is Nc1ccc(Oc2c(Cl)cc(-c3n[nH]c(=O)[nH]c3=O)cc2Cl)cc1. The number of benzene rings is 2. The summed E-state index contributed by atoms with van der Waals surface area (Å²) in [6.45, 7) is 0. The van der Waals surface area contributed by atoms with E-state index < -0.39 is 11.2 Å². The normalized spacial score (nSPS) is 10.6. The smallest absolute Gasteiger partial charge is 0.342 e. The van der Waals surface area contributed by atoms with E-state index in [2.05, 4.69) is 15.2 Å². The first-order chi connectivity index (χ1) is 11.4. The zero-order valence-corrected chi connectivity index (χ0v) is 13.5. The maximum Gasteiger partial charge on any atom is 0.342 e. The van der Waals surface area contributed by atoms with Gasteiger partial charge >= 0.3 is 5.69 Å². The molecule has 0 radical (unpaired) electrons. The zero-order chi connectivity index (χ0) is 17.3. The van der Waals surface area contributed by atoms with E-state index in [4.69, 9.17) is 33.7 Å². The number of nitrogen functional groups attached to an aromatic ring is 1. The van der Waals surface area contributed by atoms with Crippen LogP contribution in [0.15, 0.2) is 46.0 Å². The first-order valence-electron chi connectivity index (χ1n) is 6.66. The number of ether oxygens (including phenoxy) is 1. The van der Waals surface area contributed by atoms with Crippen LogP contribution in [-0.4, -0.2) is 15.2 Å². The van der Waals surface area contributed by atoms with Gasteiger partial charge in [-0.1, -0.05) is 23.2 Å². The molecule has 1 aromatic heterocycles. The molecular weight excluding hydrogens is 355 g/mol. The van der Waals surface area contributed by atoms with Crippen molar-refractivity contribution in [2.45, 2.75) is 0 Å². The summed E-state index contributed by atoms with van der Waals surface area (Å²) in [4.78, 5) is 24.9. The highest BCUT2D eigenvalue weighted by atomic mass is 35.5. The molecule has 0 aliphatic heterocycles. The average Bonchev–Trinajstić information content (AvgIpc) is 2.52. The van der Waals surface area contributed by atoms with Crippen LogP contribution in [0.5, 0.6) is 11.5 Å². The molecule has 3 aromatic rings. The van der Waals surface area contributed by atoms with Crippen LogP contribution >= 0.6 is 23.2 Å². The number of aromatic amines is 2. The van der Waals surface area contributed by atoms with Gasteiger partial charge in [-0.25, -0.2) is 9.89 Å². The molecule has 3 rings (SSSR count). The highest BCUT2D eigenvalue weighted by Crippen LogP contribution is 2.39. The standard InChI is InChI=1S/C15H10Cl2N4O3/c16-10-5-7(12-14(22)19-15(23)21-20-12)6-11(17)13(10)24-9-3-1-8(18)2-4-9/h1-6H,18H2,(H2,19,21,22,23). The predicted octanol–water partition coefficient (Wildman–Crippen LogP) is 2.81. The van der Waals surface area contributed by atoms with Gasteiger partial charge in [-0.2, -0.15) is 5.10 Å². The molecule has 0 saturated heterocycles. The molecule has 0 spiro atoms. The van der Waals surface area contributed by atoms with Gasteiger partial charge in [-0.15, -0.1) is 0 Å². The van der Waals surface area contributed by atoms with Crippen molar-refractivity contribution in [2.75, 3.05) is 5.73 Å². The molecule has 0 bridgehead atoms. The van der Waals surface area contributed by atoms with Gasteiger partial charge in [0.1, 0.15) is 5.75 Å². The molecule has 0 aliphatic rings. The van der Waals surface area contributed by atoms with E-state index in [0.29, 0.717) is 17.0 Å². The first kappa shape index (κ1) is 16.1. The third-order valence-corrected chi connectivity index (χ3v) is 3.64. The lowest BCUT2D eigenvalue weighted by molar-refractivity contribution is 0.483. The van der Waals surface area contributed by atoms with Crippen LogP contribution in [0.2, 0.25) is 10.0 Å². The molecule has 122 valence electrons. The number of aromatic nitrogens is 3. The summed E-state index contributed by atoms with van der Waals surface area (Å²) in [7, 11) is 0. The second-order valence-electron chi connectivity index (χ2n) is 4.80. The van der Waals surface area contributed by atoms with Gasteiger partial charge in [-0.3, -0.25) is 9.78 Å². The fourth-order valence-electron chi connectivity index (χ4n) is 1.99. The summed E-state index contributed by atoms with van der Waals surface area (Å²) in [5.74, 6) is 0.730. The molecule has 2 aromatic carbocycles. The Balaban J connectivity index is 2.01. The number of nitrogens with zero attached hydrogens (tertiary/aromatic N) is 1. The van der Waals surface area contributed by atoms with Gasteiger partial charge in [0, 0.05) is 11.3 Å². The molecule has 0 saturated carbocycles. The molecule has 0 aliphatic carbocycles. The average molecular weight is 365 g/mol. The largest absolute Gasteiger partial charge is 0.454 e. The number of anilines is 1. The van der Waals surface area contributed by atoms with E-state index in [1.54, 1.807) is 24.3 Å². The number of nitrogens with two attached hydrogens (primary N) is 1. The van der Waals surface area contributed by atoms with Crippen molar-refractivity contribution in [1.29, 1.82) is 0 Å². The summed E-state index contributed by atoms with van der Waals surface area (Å²) in [5, 5.41) is 6.21. The van der Waals surface area contributed by atoms with Crippen molar-refractivity contribution in [2.24, 2.45) is 0 Å². The summed E-state index contributed by atoms with van der Waals surface area (Å²) in [6, 6.07) is 9.63. The van der Waals surface area contributed by atoms with Gasteiger partial charge in [0.05, 0.1) is 10.0 Å². The van der Waals surface area contributed by atoms with Crippen LogP contribution in [-0.2, 0) is 0 Å². The second-order valence-corrected chi connectivity index (χ2v) is 5.61. The van der Waals surface area contributed by atoms with Crippen molar-refractivity contribution >= 4 is 28.9 Å². The fourth-order valence-corrected chi connectivity index (χ4v) is 2.56. The van der Waals surface area contributed by atoms with E-state index in [0.717, 1.165) is 0 Å². The van der Waals surface area contributed by atoms with E-state index in [9.17, 15) is 9.59 Å². The Labute approximate surface area is 145 Å².